The van der Waals surface area contributed by atoms with Crippen molar-refractivity contribution in [3.05, 3.63) is 59.3 Å². The van der Waals surface area contributed by atoms with Crippen molar-refractivity contribution >= 4 is 48.1 Å². The number of benzene rings is 2. The van der Waals surface area contributed by atoms with Gasteiger partial charge in [0.15, 0.2) is 0 Å². The van der Waals surface area contributed by atoms with Gasteiger partial charge in [0, 0.05) is 17.9 Å². The number of anilines is 1. The van der Waals surface area contributed by atoms with Crippen molar-refractivity contribution in [2.75, 3.05) is 16.6 Å². The third kappa shape index (κ3) is 3.35. The summed E-state index contributed by atoms with van der Waals surface area (Å²) in [6.45, 7) is 1.98. The molecule has 0 aliphatic carbocycles. The van der Waals surface area contributed by atoms with E-state index in [1.165, 1.54) is 15.6 Å². The first-order valence-electron chi connectivity index (χ1n) is 9.29. The standard InChI is InChI=1S/C21H15N3O4S3/c1-13-23-17-5-4-16(11-20(17)29-13)31(26,27)24-8-9-30(25)21-7-2-14(10-18(21)24)19-6-3-15(12-22)28-19/h2-7,10-11H,8-9H2,1H3. The van der Waals surface area contributed by atoms with Gasteiger partial charge in [0.25, 0.3) is 10.0 Å². The monoisotopic (exact) mass is 469 g/mol. The molecule has 3 heterocycles. The minimum absolute atomic E-state index is 0.104. The van der Waals surface area contributed by atoms with E-state index in [9.17, 15) is 12.6 Å². The second kappa shape index (κ2) is 7.30. The zero-order valence-corrected chi connectivity index (χ0v) is 18.7. The van der Waals surface area contributed by atoms with Crippen molar-refractivity contribution in [1.29, 1.82) is 5.26 Å². The van der Waals surface area contributed by atoms with E-state index in [1.54, 1.807) is 48.5 Å². The molecular weight excluding hydrogens is 454 g/mol. The van der Waals surface area contributed by atoms with Crippen LogP contribution in [0.5, 0.6) is 0 Å². The molecule has 0 saturated heterocycles. The molecule has 10 heteroatoms. The number of aryl methyl sites for hydroxylation is 1. The molecule has 2 aromatic heterocycles. The van der Waals surface area contributed by atoms with E-state index in [0.717, 1.165) is 15.2 Å². The van der Waals surface area contributed by atoms with Crippen molar-refractivity contribution in [1.82, 2.24) is 4.98 Å². The maximum Gasteiger partial charge on any atom is 0.264 e. The van der Waals surface area contributed by atoms with Gasteiger partial charge in [0.1, 0.15) is 11.8 Å². The highest BCUT2D eigenvalue weighted by molar-refractivity contribution is 7.93. The van der Waals surface area contributed by atoms with Crippen molar-refractivity contribution in [2.24, 2.45) is 0 Å². The molecule has 0 amide bonds. The van der Waals surface area contributed by atoms with Crippen molar-refractivity contribution in [3.63, 3.8) is 0 Å². The lowest BCUT2D eigenvalue weighted by Crippen LogP contribution is -2.38. The Morgan fingerprint density at radius 3 is 2.81 bits per heavy atom. The van der Waals surface area contributed by atoms with Crippen LogP contribution in [0.25, 0.3) is 21.5 Å². The van der Waals surface area contributed by atoms with Crippen LogP contribution in [0.15, 0.2) is 62.7 Å². The fraction of sp³-hybridized carbons (Fsp3) is 0.143. The summed E-state index contributed by atoms with van der Waals surface area (Å²) >= 11 is 1.44. The quantitative estimate of drug-likeness (QED) is 0.448. The third-order valence-corrected chi connectivity index (χ3v) is 9.14. The summed E-state index contributed by atoms with van der Waals surface area (Å²) in [5.41, 5.74) is 1.72. The largest absolute Gasteiger partial charge is 0.446 e. The van der Waals surface area contributed by atoms with E-state index < -0.39 is 20.8 Å². The molecule has 5 rings (SSSR count). The van der Waals surface area contributed by atoms with E-state index in [1.807, 2.05) is 13.0 Å². The van der Waals surface area contributed by atoms with Crippen LogP contribution >= 0.6 is 11.3 Å². The van der Waals surface area contributed by atoms with E-state index in [4.69, 9.17) is 9.68 Å². The van der Waals surface area contributed by atoms with Crippen molar-refractivity contribution < 1.29 is 17.0 Å². The minimum Gasteiger partial charge on any atom is -0.446 e. The predicted octanol–water partition coefficient (Wildman–Crippen LogP) is 4.05. The smallest absolute Gasteiger partial charge is 0.264 e. The lowest BCUT2D eigenvalue weighted by Gasteiger charge is -2.30. The second-order valence-electron chi connectivity index (χ2n) is 6.95. The van der Waals surface area contributed by atoms with Gasteiger partial charge in [-0.15, -0.1) is 11.3 Å². The molecule has 0 spiro atoms. The first-order chi connectivity index (χ1) is 14.9. The van der Waals surface area contributed by atoms with Gasteiger partial charge >= 0.3 is 0 Å². The second-order valence-corrected chi connectivity index (χ2v) is 11.6. The Hall–Kier alpha value is -3.00. The van der Waals surface area contributed by atoms with E-state index in [0.29, 0.717) is 21.9 Å². The number of fused-ring (bicyclic) bond motifs is 2. The van der Waals surface area contributed by atoms with Gasteiger partial charge in [-0.05, 0) is 55.5 Å². The maximum atomic E-state index is 13.6. The van der Waals surface area contributed by atoms with Crippen LogP contribution in [0, 0.1) is 18.3 Å². The molecule has 1 unspecified atom stereocenters. The summed E-state index contributed by atoms with van der Waals surface area (Å²) in [6.07, 6.45) is 0. The highest BCUT2D eigenvalue weighted by Crippen LogP contribution is 2.37. The van der Waals surface area contributed by atoms with Crippen LogP contribution in [0.3, 0.4) is 0 Å². The SMILES string of the molecule is Cc1nc2ccc(S(=O)(=O)N3CCS(=O)c4ccc(-c5ccc(C#N)o5)cc43)cc2s1. The van der Waals surface area contributed by atoms with E-state index in [-0.39, 0.29) is 23.0 Å². The molecule has 0 fully saturated rings. The molecule has 1 atom stereocenters. The lowest BCUT2D eigenvalue weighted by molar-refractivity contribution is 0.567. The van der Waals surface area contributed by atoms with E-state index in [2.05, 4.69) is 4.98 Å². The van der Waals surface area contributed by atoms with Crippen LogP contribution in [0.1, 0.15) is 10.8 Å². The Labute approximate surface area is 185 Å². The van der Waals surface area contributed by atoms with Crippen LogP contribution in [0.2, 0.25) is 0 Å². The predicted molar refractivity (Wildman–Crippen MR) is 119 cm³/mol. The highest BCUT2D eigenvalue weighted by atomic mass is 32.2. The van der Waals surface area contributed by atoms with Crippen LogP contribution in [-0.2, 0) is 20.8 Å². The Balaban J connectivity index is 1.63. The average molecular weight is 470 g/mol. The molecule has 4 aromatic rings. The molecule has 156 valence electrons. The van der Waals surface area contributed by atoms with Crippen LogP contribution < -0.4 is 4.31 Å². The molecular formula is C21H15N3O4S3. The normalized spacial score (nSPS) is 16.3. The Morgan fingerprint density at radius 2 is 2.03 bits per heavy atom. The minimum atomic E-state index is -3.88. The summed E-state index contributed by atoms with van der Waals surface area (Å²) in [6, 6.07) is 15.1. The molecule has 1 aliphatic heterocycles. The molecule has 2 aromatic carbocycles. The van der Waals surface area contributed by atoms with E-state index >= 15 is 0 Å². The number of hydrogen-bond acceptors (Lipinski definition) is 7. The summed E-state index contributed by atoms with van der Waals surface area (Å²) in [5.74, 6) is 0.816. The number of hydrogen-bond donors (Lipinski definition) is 0. The first-order valence-corrected chi connectivity index (χ1v) is 12.9. The fourth-order valence-corrected chi connectivity index (χ4v) is 7.37. The lowest BCUT2D eigenvalue weighted by atomic mass is 10.1. The Kier molecular flexibility index (Phi) is 4.69. The summed E-state index contributed by atoms with van der Waals surface area (Å²) in [4.78, 5) is 5.01. The Bertz CT molecular complexity index is 1510. The number of nitriles is 1. The first kappa shape index (κ1) is 19.9. The number of rotatable bonds is 3. The number of furan rings is 1. The van der Waals surface area contributed by atoms with Gasteiger partial charge in [-0.25, -0.2) is 13.4 Å². The molecule has 0 bridgehead atoms. The van der Waals surface area contributed by atoms with Crippen LogP contribution in [0.4, 0.5) is 5.69 Å². The fourth-order valence-electron chi connectivity index (χ4n) is 3.56. The maximum absolute atomic E-state index is 13.6. The number of thiazole rings is 1. The number of nitrogens with zero attached hydrogens (tertiary/aromatic N) is 3. The summed E-state index contributed by atoms with van der Waals surface area (Å²) in [7, 11) is -5.19. The van der Waals surface area contributed by atoms with Crippen molar-refractivity contribution in [2.45, 2.75) is 16.7 Å². The van der Waals surface area contributed by atoms with Gasteiger partial charge in [-0.1, -0.05) is 0 Å². The number of sulfonamides is 1. The zero-order chi connectivity index (χ0) is 21.8. The van der Waals surface area contributed by atoms with Gasteiger partial charge < -0.3 is 4.42 Å². The third-order valence-electron chi connectivity index (χ3n) is 5.01. The molecule has 0 saturated carbocycles. The topological polar surface area (TPSA) is 104 Å². The average Bonchev–Trinajstić information content (AvgIpc) is 3.38. The summed E-state index contributed by atoms with van der Waals surface area (Å²) < 4.78 is 47.3. The van der Waals surface area contributed by atoms with Gasteiger partial charge in [0.2, 0.25) is 5.76 Å². The number of aromatic nitrogens is 1. The van der Waals surface area contributed by atoms with Gasteiger partial charge in [-0.3, -0.25) is 8.51 Å². The highest BCUT2D eigenvalue weighted by Gasteiger charge is 2.32. The molecule has 1 aliphatic rings. The zero-order valence-electron chi connectivity index (χ0n) is 16.2. The summed E-state index contributed by atoms with van der Waals surface area (Å²) in [5, 5.41) is 9.87. The van der Waals surface area contributed by atoms with Crippen molar-refractivity contribution in [3.8, 4) is 17.4 Å². The van der Waals surface area contributed by atoms with Gasteiger partial charge in [0.05, 0.1) is 41.5 Å². The molecule has 0 radical (unpaired) electrons. The molecule has 0 N–H and O–H groups in total. The van der Waals surface area contributed by atoms with Crippen LogP contribution in [-0.4, -0.2) is 29.9 Å². The molecule has 31 heavy (non-hydrogen) atoms. The molecule has 7 nitrogen and oxygen atoms in total. The van der Waals surface area contributed by atoms with Gasteiger partial charge in [-0.2, -0.15) is 5.26 Å². The Morgan fingerprint density at radius 1 is 1.19 bits per heavy atom.